The van der Waals surface area contributed by atoms with Gasteiger partial charge in [-0.25, -0.2) is 0 Å². The van der Waals surface area contributed by atoms with Crippen LogP contribution in [0.25, 0.3) is 12.2 Å². The SMILES string of the molecule is O=C(C1CCOCC1)N1CC(=O)N2[C@H](C1)[C@H](c1ccc(/C=C/c3ccccc3)cc1)[C@@H]2CO. The van der Waals surface area contributed by atoms with E-state index >= 15 is 0 Å². The summed E-state index contributed by atoms with van der Waals surface area (Å²) >= 11 is 0. The number of carbonyl (C=O) groups is 2. The summed E-state index contributed by atoms with van der Waals surface area (Å²) in [5.74, 6) is -0.0272. The first kappa shape index (κ1) is 21.9. The van der Waals surface area contributed by atoms with Gasteiger partial charge in [-0.2, -0.15) is 0 Å². The lowest BCUT2D eigenvalue weighted by atomic mass is 9.73. The van der Waals surface area contributed by atoms with Gasteiger partial charge in [-0.1, -0.05) is 66.7 Å². The maximum Gasteiger partial charge on any atom is 0.242 e. The number of fused-ring (bicyclic) bond motifs is 1. The van der Waals surface area contributed by atoms with Crippen molar-refractivity contribution in [3.05, 3.63) is 71.3 Å². The Bertz CT molecular complexity index is 1010. The fraction of sp³-hybridized carbons (Fsp3) is 0.407. The van der Waals surface area contributed by atoms with Crippen molar-refractivity contribution in [1.82, 2.24) is 9.80 Å². The van der Waals surface area contributed by atoms with Crippen LogP contribution in [0.4, 0.5) is 0 Å². The van der Waals surface area contributed by atoms with E-state index in [2.05, 4.69) is 48.6 Å². The normalized spacial score (nSPS) is 25.7. The van der Waals surface area contributed by atoms with Gasteiger partial charge in [0.05, 0.1) is 25.2 Å². The molecule has 3 saturated heterocycles. The number of aliphatic hydroxyl groups is 1. The zero-order chi connectivity index (χ0) is 22.8. The van der Waals surface area contributed by atoms with E-state index in [1.165, 1.54) is 0 Å². The van der Waals surface area contributed by atoms with E-state index in [1.807, 2.05) is 18.2 Å². The molecule has 3 atom stereocenters. The van der Waals surface area contributed by atoms with Gasteiger partial charge >= 0.3 is 0 Å². The molecular formula is C27H30N2O4. The number of benzene rings is 2. The van der Waals surface area contributed by atoms with Crippen molar-refractivity contribution in [2.45, 2.75) is 30.8 Å². The number of aliphatic hydroxyl groups excluding tert-OH is 1. The van der Waals surface area contributed by atoms with Crippen LogP contribution in [0.1, 0.15) is 35.4 Å². The molecule has 0 spiro atoms. The maximum absolute atomic E-state index is 13.0. The third-order valence-corrected chi connectivity index (χ3v) is 7.22. The molecule has 5 rings (SSSR count). The molecule has 6 heteroatoms. The van der Waals surface area contributed by atoms with Crippen LogP contribution in [-0.2, 0) is 14.3 Å². The van der Waals surface area contributed by atoms with E-state index in [0.717, 1.165) is 29.5 Å². The van der Waals surface area contributed by atoms with Crippen LogP contribution >= 0.6 is 0 Å². The molecule has 0 saturated carbocycles. The molecule has 3 aliphatic rings. The van der Waals surface area contributed by atoms with Crippen LogP contribution in [0.15, 0.2) is 54.6 Å². The molecule has 0 aromatic heterocycles. The molecule has 6 nitrogen and oxygen atoms in total. The lowest BCUT2D eigenvalue weighted by molar-refractivity contribution is -0.169. The van der Waals surface area contributed by atoms with Gasteiger partial charge in [-0.15, -0.1) is 0 Å². The quantitative estimate of drug-likeness (QED) is 0.717. The van der Waals surface area contributed by atoms with Gasteiger partial charge in [0.1, 0.15) is 0 Å². The van der Waals surface area contributed by atoms with E-state index in [0.29, 0.717) is 19.8 Å². The minimum absolute atomic E-state index is 0.0244. The van der Waals surface area contributed by atoms with Crippen molar-refractivity contribution in [1.29, 1.82) is 0 Å². The molecule has 2 aromatic rings. The lowest BCUT2D eigenvalue weighted by Gasteiger charge is -2.59. The highest BCUT2D eigenvalue weighted by Crippen LogP contribution is 2.43. The molecule has 2 aromatic carbocycles. The molecule has 3 fully saturated rings. The summed E-state index contributed by atoms with van der Waals surface area (Å²) in [4.78, 5) is 29.4. The topological polar surface area (TPSA) is 70.1 Å². The van der Waals surface area contributed by atoms with Gasteiger partial charge in [-0.3, -0.25) is 9.59 Å². The molecule has 172 valence electrons. The Kier molecular flexibility index (Phi) is 6.29. The van der Waals surface area contributed by atoms with Crippen molar-refractivity contribution < 1.29 is 19.4 Å². The second-order valence-corrected chi connectivity index (χ2v) is 9.16. The van der Waals surface area contributed by atoms with Crippen molar-refractivity contribution in [3.63, 3.8) is 0 Å². The smallest absolute Gasteiger partial charge is 0.242 e. The third kappa shape index (κ3) is 4.33. The van der Waals surface area contributed by atoms with Crippen LogP contribution in [0, 0.1) is 5.92 Å². The average Bonchev–Trinajstić information content (AvgIpc) is 2.85. The van der Waals surface area contributed by atoms with Crippen LogP contribution in [0.2, 0.25) is 0 Å². The number of rotatable bonds is 5. The Morgan fingerprint density at radius 1 is 1.00 bits per heavy atom. The fourth-order valence-corrected chi connectivity index (χ4v) is 5.46. The van der Waals surface area contributed by atoms with Crippen LogP contribution < -0.4 is 0 Å². The van der Waals surface area contributed by atoms with Crippen molar-refractivity contribution in [3.8, 4) is 0 Å². The number of nitrogens with zero attached hydrogens (tertiary/aromatic N) is 2. The predicted octanol–water partition coefficient (Wildman–Crippen LogP) is 2.78. The summed E-state index contributed by atoms with van der Waals surface area (Å²) in [6, 6.07) is 18.1. The Balaban J connectivity index is 1.30. The van der Waals surface area contributed by atoms with E-state index in [9.17, 15) is 14.7 Å². The van der Waals surface area contributed by atoms with Crippen molar-refractivity contribution in [2.75, 3.05) is 32.9 Å². The number of hydrogen-bond donors (Lipinski definition) is 1. The van der Waals surface area contributed by atoms with Crippen LogP contribution in [-0.4, -0.2) is 71.7 Å². The Hall–Kier alpha value is -2.96. The van der Waals surface area contributed by atoms with Crippen LogP contribution in [0.5, 0.6) is 0 Å². The summed E-state index contributed by atoms with van der Waals surface area (Å²) in [5, 5.41) is 10.0. The number of piperazine rings is 1. The standard InChI is InChI=1S/C27H30N2O4/c30-18-24-26(21-10-8-20(9-11-21)7-6-19-4-2-1-3-5-19)23-16-28(17-25(31)29(23)24)27(32)22-12-14-33-15-13-22/h1-11,22-24,26,30H,12-18H2/b7-6+/t23-,24+,26+/m1/s1. The molecule has 0 unspecified atom stereocenters. The summed E-state index contributed by atoms with van der Waals surface area (Å²) in [6.07, 6.45) is 5.60. The second kappa shape index (κ2) is 9.49. The molecule has 3 heterocycles. The van der Waals surface area contributed by atoms with Crippen LogP contribution in [0.3, 0.4) is 0 Å². The van der Waals surface area contributed by atoms with Crippen molar-refractivity contribution >= 4 is 24.0 Å². The second-order valence-electron chi connectivity index (χ2n) is 9.16. The Morgan fingerprint density at radius 3 is 2.33 bits per heavy atom. The summed E-state index contributed by atoms with van der Waals surface area (Å²) in [6.45, 7) is 1.77. The molecule has 0 radical (unpaired) electrons. The van der Waals surface area contributed by atoms with Gasteiger partial charge in [-0.05, 0) is 29.5 Å². The highest BCUT2D eigenvalue weighted by Gasteiger charge is 2.54. The molecule has 3 aliphatic heterocycles. The molecule has 1 N–H and O–H groups in total. The van der Waals surface area contributed by atoms with Gasteiger partial charge in [0, 0.05) is 31.6 Å². The number of amides is 2. The van der Waals surface area contributed by atoms with Gasteiger partial charge in [0.25, 0.3) is 0 Å². The Labute approximate surface area is 194 Å². The monoisotopic (exact) mass is 446 g/mol. The summed E-state index contributed by atoms with van der Waals surface area (Å²) < 4.78 is 5.38. The first-order valence-electron chi connectivity index (χ1n) is 11.8. The number of ether oxygens (including phenoxy) is 1. The zero-order valence-corrected chi connectivity index (χ0v) is 18.7. The van der Waals surface area contributed by atoms with E-state index < -0.39 is 0 Å². The zero-order valence-electron chi connectivity index (χ0n) is 18.7. The fourth-order valence-electron chi connectivity index (χ4n) is 5.46. The number of carbonyl (C=O) groups excluding carboxylic acids is 2. The largest absolute Gasteiger partial charge is 0.394 e. The average molecular weight is 447 g/mol. The molecule has 0 bridgehead atoms. The molecular weight excluding hydrogens is 416 g/mol. The maximum atomic E-state index is 13.0. The molecule has 33 heavy (non-hydrogen) atoms. The van der Waals surface area contributed by atoms with Gasteiger partial charge in [0.2, 0.25) is 11.8 Å². The van der Waals surface area contributed by atoms with E-state index in [-0.39, 0.29) is 48.9 Å². The summed E-state index contributed by atoms with van der Waals surface area (Å²) in [7, 11) is 0. The molecule has 2 amide bonds. The summed E-state index contributed by atoms with van der Waals surface area (Å²) in [5.41, 5.74) is 3.34. The first-order valence-corrected chi connectivity index (χ1v) is 11.8. The van der Waals surface area contributed by atoms with Gasteiger partial charge < -0.3 is 19.6 Å². The Morgan fingerprint density at radius 2 is 1.67 bits per heavy atom. The van der Waals surface area contributed by atoms with E-state index in [1.54, 1.807) is 9.80 Å². The lowest BCUT2D eigenvalue weighted by Crippen LogP contribution is -2.73. The third-order valence-electron chi connectivity index (χ3n) is 7.22. The van der Waals surface area contributed by atoms with Gasteiger partial charge in [0.15, 0.2) is 0 Å². The minimum atomic E-state index is -0.228. The molecule has 0 aliphatic carbocycles. The minimum Gasteiger partial charge on any atom is -0.394 e. The number of hydrogen-bond acceptors (Lipinski definition) is 4. The predicted molar refractivity (Wildman–Crippen MR) is 126 cm³/mol. The van der Waals surface area contributed by atoms with Crippen molar-refractivity contribution in [2.24, 2.45) is 5.92 Å². The first-order chi connectivity index (χ1) is 16.2. The highest BCUT2D eigenvalue weighted by atomic mass is 16.5. The highest BCUT2D eigenvalue weighted by molar-refractivity contribution is 5.88. The van der Waals surface area contributed by atoms with E-state index in [4.69, 9.17) is 4.74 Å².